The first-order valence-electron chi connectivity index (χ1n) is 10.8. The van der Waals surface area contributed by atoms with E-state index in [1.807, 2.05) is 12.1 Å². The highest BCUT2D eigenvalue weighted by molar-refractivity contribution is 5.89. The van der Waals surface area contributed by atoms with Crippen molar-refractivity contribution in [3.63, 3.8) is 0 Å². The van der Waals surface area contributed by atoms with Gasteiger partial charge in [-0.25, -0.2) is 4.98 Å². The highest BCUT2D eigenvalue weighted by Gasteiger charge is 2.40. The number of pyridine rings is 1. The number of rotatable bonds is 6. The van der Waals surface area contributed by atoms with Crippen molar-refractivity contribution in [2.24, 2.45) is 11.8 Å². The second-order valence-electron chi connectivity index (χ2n) is 8.68. The van der Waals surface area contributed by atoms with Gasteiger partial charge in [0.1, 0.15) is 12.1 Å². The number of likely N-dealkylation sites (tertiary alicyclic amines) is 1. The third-order valence-corrected chi connectivity index (χ3v) is 6.28. The molecule has 28 heavy (non-hydrogen) atoms. The molecule has 2 saturated carbocycles. The summed E-state index contributed by atoms with van der Waals surface area (Å²) in [5.41, 5.74) is 0.973. The molecule has 3 aliphatic rings. The van der Waals surface area contributed by atoms with Crippen LogP contribution in [0.4, 0.5) is 0 Å². The summed E-state index contributed by atoms with van der Waals surface area (Å²) in [6.07, 6.45) is 10.2. The smallest absolute Gasteiger partial charge is 0.243 e. The summed E-state index contributed by atoms with van der Waals surface area (Å²) in [6, 6.07) is 3.51. The van der Waals surface area contributed by atoms with Gasteiger partial charge in [0.05, 0.1) is 0 Å². The van der Waals surface area contributed by atoms with Crippen molar-refractivity contribution >= 4 is 11.8 Å². The van der Waals surface area contributed by atoms with Crippen LogP contribution in [0.3, 0.4) is 0 Å². The van der Waals surface area contributed by atoms with Gasteiger partial charge in [-0.15, -0.1) is 0 Å². The van der Waals surface area contributed by atoms with E-state index in [0.29, 0.717) is 19.0 Å². The number of carbonyl (C=O) groups is 2. The maximum atomic E-state index is 12.7. The molecule has 1 aromatic heterocycles. The maximum Gasteiger partial charge on any atom is 0.243 e. The lowest BCUT2D eigenvalue weighted by Gasteiger charge is -2.26. The highest BCUT2D eigenvalue weighted by atomic mass is 16.5. The second kappa shape index (κ2) is 8.50. The first kappa shape index (κ1) is 19.2. The van der Waals surface area contributed by atoms with Crippen LogP contribution in [0.5, 0.6) is 5.88 Å². The Morgan fingerprint density at radius 1 is 1.18 bits per heavy atom. The van der Waals surface area contributed by atoms with Crippen molar-refractivity contribution in [1.29, 1.82) is 0 Å². The quantitative estimate of drug-likeness (QED) is 0.817. The normalized spacial score (nSPS) is 27.5. The Balaban J connectivity index is 1.29. The zero-order chi connectivity index (χ0) is 19.5. The molecule has 2 heterocycles. The van der Waals surface area contributed by atoms with Crippen molar-refractivity contribution in [3.8, 4) is 5.88 Å². The molecule has 1 saturated heterocycles. The Labute approximate surface area is 167 Å². The van der Waals surface area contributed by atoms with Crippen molar-refractivity contribution < 1.29 is 14.3 Å². The number of aromatic nitrogens is 1. The van der Waals surface area contributed by atoms with E-state index in [1.54, 1.807) is 11.1 Å². The molecule has 0 spiro atoms. The third kappa shape index (κ3) is 4.65. The van der Waals surface area contributed by atoms with Crippen molar-refractivity contribution in [2.75, 3.05) is 6.54 Å². The molecule has 0 radical (unpaired) electrons. The average molecular weight is 386 g/mol. The lowest BCUT2D eigenvalue weighted by molar-refractivity contribution is -0.139. The van der Waals surface area contributed by atoms with Gasteiger partial charge >= 0.3 is 0 Å². The van der Waals surface area contributed by atoms with E-state index >= 15 is 0 Å². The minimum Gasteiger partial charge on any atom is -0.474 e. The van der Waals surface area contributed by atoms with E-state index in [1.165, 1.54) is 12.8 Å². The summed E-state index contributed by atoms with van der Waals surface area (Å²) in [5, 5.41) is 3.01. The SMILES string of the molecule is CC1CCC(Oc2cc(CNC(=O)C3CCCN3C(=O)C3CC3)ccn2)CC1. The molecule has 1 aliphatic heterocycles. The molecule has 1 aromatic rings. The van der Waals surface area contributed by atoms with Crippen molar-refractivity contribution in [1.82, 2.24) is 15.2 Å². The van der Waals surface area contributed by atoms with Crippen LogP contribution in [0.25, 0.3) is 0 Å². The topological polar surface area (TPSA) is 71.5 Å². The Morgan fingerprint density at radius 2 is 1.96 bits per heavy atom. The zero-order valence-corrected chi connectivity index (χ0v) is 16.7. The third-order valence-electron chi connectivity index (χ3n) is 6.28. The first-order chi connectivity index (χ1) is 13.6. The molecule has 1 N–H and O–H groups in total. The van der Waals surface area contributed by atoms with Crippen LogP contribution < -0.4 is 10.1 Å². The van der Waals surface area contributed by atoms with Gasteiger partial charge in [0, 0.05) is 31.3 Å². The number of hydrogen-bond donors (Lipinski definition) is 1. The van der Waals surface area contributed by atoms with Crippen LogP contribution >= 0.6 is 0 Å². The Kier molecular flexibility index (Phi) is 5.83. The van der Waals surface area contributed by atoms with Gasteiger partial charge in [0.15, 0.2) is 0 Å². The number of nitrogens with zero attached hydrogens (tertiary/aromatic N) is 2. The van der Waals surface area contributed by atoms with Gasteiger partial charge in [-0.05, 0) is 68.9 Å². The average Bonchev–Trinajstić information content (AvgIpc) is 3.44. The monoisotopic (exact) mass is 385 g/mol. The van der Waals surface area contributed by atoms with E-state index in [-0.39, 0.29) is 29.9 Å². The molecule has 3 fully saturated rings. The highest BCUT2D eigenvalue weighted by Crippen LogP contribution is 2.33. The summed E-state index contributed by atoms with van der Waals surface area (Å²) in [7, 11) is 0. The molecule has 1 unspecified atom stereocenters. The van der Waals surface area contributed by atoms with Crippen molar-refractivity contribution in [2.45, 2.75) is 77.0 Å². The molecule has 0 aromatic carbocycles. The Hall–Kier alpha value is -2.11. The summed E-state index contributed by atoms with van der Waals surface area (Å²) in [4.78, 5) is 31.1. The lowest BCUT2D eigenvalue weighted by Crippen LogP contribution is -2.46. The predicted octanol–water partition coefficient (Wildman–Crippen LogP) is 3.06. The van der Waals surface area contributed by atoms with E-state index < -0.39 is 0 Å². The second-order valence-corrected chi connectivity index (χ2v) is 8.68. The lowest BCUT2D eigenvalue weighted by atomic mass is 9.89. The Bertz CT molecular complexity index is 711. The summed E-state index contributed by atoms with van der Waals surface area (Å²) < 4.78 is 6.06. The molecule has 1 atom stereocenters. The molecule has 152 valence electrons. The van der Waals surface area contributed by atoms with Gasteiger partial charge in [-0.1, -0.05) is 6.92 Å². The van der Waals surface area contributed by atoms with E-state index in [4.69, 9.17) is 4.74 Å². The summed E-state index contributed by atoms with van der Waals surface area (Å²) in [5.74, 6) is 1.70. The van der Waals surface area contributed by atoms with Crippen LogP contribution in [0, 0.1) is 11.8 Å². The fraction of sp³-hybridized carbons (Fsp3) is 0.682. The van der Waals surface area contributed by atoms with E-state index in [9.17, 15) is 9.59 Å². The summed E-state index contributed by atoms with van der Waals surface area (Å²) >= 11 is 0. The van der Waals surface area contributed by atoms with E-state index in [0.717, 1.165) is 50.0 Å². The maximum absolute atomic E-state index is 12.7. The molecule has 2 aliphatic carbocycles. The molecule has 4 rings (SSSR count). The van der Waals surface area contributed by atoms with Crippen LogP contribution in [0.15, 0.2) is 18.3 Å². The molecule has 6 nitrogen and oxygen atoms in total. The van der Waals surface area contributed by atoms with Crippen LogP contribution in [0.1, 0.15) is 63.9 Å². The van der Waals surface area contributed by atoms with E-state index in [2.05, 4.69) is 17.2 Å². The summed E-state index contributed by atoms with van der Waals surface area (Å²) in [6.45, 7) is 3.43. The Morgan fingerprint density at radius 3 is 2.71 bits per heavy atom. The number of nitrogens with one attached hydrogen (secondary N) is 1. The number of ether oxygens (including phenoxy) is 1. The van der Waals surface area contributed by atoms with Crippen LogP contribution in [-0.4, -0.2) is 40.4 Å². The fourth-order valence-electron chi connectivity index (χ4n) is 4.32. The zero-order valence-electron chi connectivity index (χ0n) is 16.7. The molecular weight excluding hydrogens is 354 g/mol. The molecule has 6 heteroatoms. The first-order valence-corrected chi connectivity index (χ1v) is 10.8. The molecule has 0 bridgehead atoms. The van der Waals surface area contributed by atoms with Gasteiger partial charge < -0.3 is 15.0 Å². The number of hydrogen-bond acceptors (Lipinski definition) is 4. The minimum atomic E-state index is -0.310. The van der Waals surface area contributed by atoms with Crippen molar-refractivity contribution in [3.05, 3.63) is 23.9 Å². The predicted molar refractivity (Wildman–Crippen MR) is 106 cm³/mol. The number of amides is 2. The van der Waals surface area contributed by atoms with Gasteiger partial charge in [0.25, 0.3) is 0 Å². The minimum absolute atomic E-state index is 0.0490. The van der Waals surface area contributed by atoms with Gasteiger partial charge in [-0.2, -0.15) is 0 Å². The number of carbonyl (C=O) groups excluding carboxylic acids is 2. The van der Waals surface area contributed by atoms with Crippen LogP contribution in [0.2, 0.25) is 0 Å². The fourth-order valence-corrected chi connectivity index (χ4v) is 4.32. The van der Waals surface area contributed by atoms with Crippen LogP contribution in [-0.2, 0) is 16.1 Å². The largest absolute Gasteiger partial charge is 0.474 e. The van der Waals surface area contributed by atoms with Gasteiger partial charge in [-0.3, -0.25) is 9.59 Å². The molecule has 2 amide bonds. The van der Waals surface area contributed by atoms with Gasteiger partial charge in [0.2, 0.25) is 17.7 Å². The molecular formula is C22H31N3O3. The standard InChI is InChI=1S/C22H31N3O3/c1-15-4-8-18(9-5-15)28-20-13-16(10-11-23-20)14-24-21(26)19-3-2-12-25(19)22(27)17-6-7-17/h10-11,13,15,17-19H,2-9,12,14H2,1H3,(H,24,26).